The van der Waals surface area contributed by atoms with Gasteiger partial charge in [0.1, 0.15) is 5.58 Å². The summed E-state index contributed by atoms with van der Waals surface area (Å²) in [6, 6.07) is 63.5. The summed E-state index contributed by atoms with van der Waals surface area (Å²) >= 11 is 3.70. The lowest BCUT2D eigenvalue weighted by Crippen LogP contribution is -2.10. The van der Waals surface area contributed by atoms with Gasteiger partial charge in [0.2, 0.25) is 0 Å². The maximum absolute atomic E-state index is 7.00. The first-order valence-corrected chi connectivity index (χ1v) is 19.1. The molecule has 3 heterocycles. The Hall–Kier alpha value is -6.20. The molecule has 0 fully saturated rings. The number of anilines is 3. The number of nitrogens with zero attached hydrogens (tertiary/aromatic N) is 1. The Morgan fingerprint density at radius 2 is 0.962 bits per heavy atom. The van der Waals surface area contributed by atoms with Crippen LogP contribution >= 0.6 is 22.7 Å². The normalized spacial score (nSPS) is 11.8. The number of para-hydroxylation sites is 2. The number of hydrogen-bond donors (Lipinski definition) is 0. The van der Waals surface area contributed by atoms with Crippen LogP contribution in [0.5, 0.6) is 0 Å². The Labute approximate surface area is 308 Å². The molecule has 11 rings (SSSR count). The third-order valence-corrected chi connectivity index (χ3v) is 12.6. The predicted octanol–water partition coefficient (Wildman–Crippen LogP) is 15.1. The lowest BCUT2D eigenvalue weighted by atomic mass is 10.0. The molecule has 0 aliphatic heterocycles. The van der Waals surface area contributed by atoms with Crippen LogP contribution in [-0.4, -0.2) is 0 Å². The van der Waals surface area contributed by atoms with Crippen LogP contribution in [-0.2, 0) is 0 Å². The highest BCUT2D eigenvalue weighted by molar-refractivity contribution is 7.26. The molecule has 0 unspecified atom stereocenters. The Kier molecular flexibility index (Phi) is 6.63. The van der Waals surface area contributed by atoms with Gasteiger partial charge < -0.3 is 9.32 Å². The summed E-state index contributed by atoms with van der Waals surface area (Å²) in [5, 5.41) is 7.37. The van der Waals surface area contributed by atoms with E-state index in [0.717, 1.165) is 50.1 Å². The van der Waals surface area contributed by atoms with Gasteiger partial charge >= 0.3 is 0 Å². The Balaban J connectivity index is 1.12. The topological polar surface area (TPSA) is 16.4 Å². The number of fused-ring (bicyclic) bond motifs is 9. The Morgan fingerprint density at radius 1 is 0.365 bits per heavy atom. The van der Waals surface area contributed by atoms with Crippen LogP contribution in [0.1, 0.15) is 0 Å². The van der Waals surface area contributed by atoms with Crippen LogP contribution in [0.3, 0.4) is 0 Å². The van der Waals surface area contributed by atoms with Gasteiger partial charge in [-0.25, -0.2) is 0 Å². The van der Waals surface area contributed by atoms with Crippen molar-refractivity contribution in [1.29, 1.82) is 0 Å². The Morgan fingerprint density at radius 3 is 1.81 bits per heavy atom. The van der Waals surface area contributed by atoms with E-state index in [4.69, 9.17) is 4.42 Å². The minimum atomic E-state index is 0.872. The lowest BCUT2D eigenvalue weighted by molar-refractivity contribution is 0.670. The van der Waals surface area contributed by atoms with E-state index in [-0.39, 0.29) is 0 Å². The number of benzene rings is 8. The summed E-state index contributed by atoms with van der Waals surface area (Å²) in [4.78, 5) is 2.40. The molecule has 2 nitrogen and oxygen atoms in total. The summed E-state index contributed by atoms with van der Waals surface area (Å²) in [6.45, 7) is 0. The highest BCUT2D eigenvalue weighted by Crippen LogP contribution is 2.48. The molecule has 244 valence electrons. The van der Waals surface area contributed by atoms with Crippen LogP contribution in [0.2, 0.25) is 0 Å². The quantitative estimate of drug-likeness (QED) is 0.178. The van der Waals surface area contributed by atoms with Gasteiger partial charge in [-0.15, -0.1) is 22.7 Å². The largest absolute Gasteiger partial charge is 0.453 e. The molecule has 0 saturated heterocycles. The van der Waals surface area contributed by atoms with E-state index in [1.54, 1.807) is 0 Å². The average molecular weight is 700 g/mol. The van der Waals surface area contributed by atoms with Crippen molar-refractivity contribution in [3.8, 4) is 22.3 Å². The van der Waals surface area contributed by atoms with Crippen LogP contribution < -0.4 is 4.90 Å². The molecule has 0 N–H and O–H groups in total. The van der Waals surface area contributed by atoms with Crippen LogP contribution in [0.25, 0.3) is 84.5 Å². The van der Waals surface area contributed by atoms with E-state index >= 15 is 0 Å². The summed E-state index contributed by atoms with van der Waals surface area (Å²) in [6.07, 6.45) is 0. The fourth-order valence-corrected chi connectivity index (χ4v) is 10.2. The molecule has 0 saturated carbocycles. The lowest BCUT2D eigenvalue weighted by Gasteiger charge is -2.26. The second kappa shape index (κ2) is 11.7. The minimum absolute atomic E-state index is 0.872. The molecule has 11 aromatic rings. The summed E-state index contributed by atoms with van der Waals surface area (Å²) in [5.41, 5.74) is 9.64. The molecule has 4 heteroatoms. The number of rotatable bonds is 5. The monoisotopic (exact) mass is 699 g/mol. The van der Waals surface area contributed by atoms with Crippen molar-refractivity contribution in [1.82, 2.24) is 0 Å². The molecular formula is C48H29NOS2. The van der Waals surface area contributed by atoms with Gasteiger partial charge in [0, 0.05) is 62.4 Å². The summed E-state index contributed by atoms with van der Waals surface area (Å²) < 4.78 is 12.2. The second-order valence-corrected chi connectivity index (χ2v) is 15.4. The zero-order valence-corrected chi connectivity index (χ0v) is 29.5. The van der Waals surface area contributed by atoms with Crippen molar-refractivity contribution < 1.29 is 4.42 Å². The molecule has 0 aliphatic carbocycles. The van der Waals surface area contributed by atoms with Crippen molar-refractivity contribution >= 4 is 102 Å². The van der Waals surface area contributed by atoms with Crippen LogP contribution in [0.15, 0.2) is 180 Å². The van der Waals surface area contributed by atoms with Crippen LogP contribution in [0.4, 0.5) is 17.1 Å². The molecule has 3 aromatic heterocycles. The number of hydrogen-bond acceptors (Lipinski definition) is 4. The molecule has 0 spiro atoms. The SMILES string of the molecule is c1ccc(-c2cccc3c2oc2c(N(c4ccc(-c5ccc6c(c5)sc5ccccc56)cc4)c4cccc5sc6ccccc6c45)cccc23)cc1. The van der Waals surface area contributed by atoms with Gasteiger partial charge in [0.25, 0.3) is 0 Å². The smallest absolute Gasteiger partial charge is 0.159 e. The fourth-order valence-electron chi connectivity index (χ4n) is 7.89. The molecule has 0 bridgehead atoms. The van der Waals surface area contributed by atoms with Crippen LogP contribution in [0, 0.1) is 0 Å². The zero-order chi connectivity index (χ0) is 34.2. The first kappa shape index (κ1) is 29.5. The van der Waals surface area contributed by atoms with E-state index in [9.17, 15) is 0 Å². The summed E-state index contributed by atoms with van der Waals surface area (Å²) in [7, 11) is 0. The maximum Gasteiger partial charge on any atom is 0.159 e. The fraction of sp³-hybridized carbons (Fsp3) is 0. The molecular weight excluding hydrogens is 671 g/mol. The van der Waals surface area contributed by atoms with Crippen molar-refractivity contribution in [2.75, 3.05) is 4.90 Å². The highest BCUT2D eigenvalue weighted by Gasteiger charge is 2.23. The first-order valence-electron chi connectivity index (χ1n) is 17.5. The maximum atomic E-state index is 7.00. The molecule has 52 heavy (non-hydrogen) atoms. The van der Waals surface area contributed by atoms with E-state index < -0.39 is 0 Å². The van der Waals surface area contributed by atoms with Gasteiger partial charge in [-0.2, -0.15) is 0 Å². The molecule has 8 aromatic carbocycles. The number of thiophene rings is 2. The van der Waals surface area contributed by atoms with E-state index in [0.29, 0.717) is 0 Å². The van der Waals surface area contributed by atoms with Gasteiger partial charge in [-0.05, 0) is 65.2 Å². The molecule has 0 amide bonds. The first-order chi connectivity index (χ1) is 25.8. The minimum Gasteiger partial charge on any atom is -0.453 e. The van der Waals surface area contributed by atoms with E-state index in [1.165, 1.54) is 51.5 Å². The van der Waals surface area contributed by atoms with Crippen molar-refractivity contribution in [3.63, 3.8) is 0 Å². The van der Waals surface area contributed by atoms with Crippen molar-refractivity contribution in [3.05, 3.63) is 176 Å². The van der Waals surface area contributed by atoms with Gasteiger partial charge in [-0.3, -0.25) is 0 Å². The average Bonchev–Trinajstić information content (AvgIpc) is 3.90. The molecule has 0 radical (unpaired) electrons. The summed E-state index contributed by atoms with van der Waals surface area (Å²) in [5.74, 6) is 0. The van der Waals surface area contributed by atoms with Gasteiger partial charge in [0.15, 0.2) is 5.58 Å². The van der Waals surface area contributed by atoms with Gasteiger partial charge in [0.05, 0.1) is 11.4 Å². The van der Waals surface area contributed by atoms with Gasteiger partial charge in [-0.1, -0.05) is 127 Å². The van der Waals surface area contributed by atoms with Crippen molar-refractivity contribution in [2.45, 2.75) is 0 Å². The zero-order valence-electron chi connectivity index (χ0n) is 27.9. The van der Waals surface area contributed by atoms with E-state index in [1.807, 2.05) is 22.7 Å². The third kappa shape index (κ3) is 4.55. The predicted molar refractivity (Wildman–Crippen MR) is 225 cm³/mol. The Bertz CT molecular complexity index is 3130. The highest BCUT2D eigenvalue weighted by atomic mass is 32.1. The molecule has 0 atom stereocenters. The second-order valence-electron chi connectivity index (χ2n) is 13.2. The van der Waals surface area contributed by atoms with E-state index in [2.05, 4.69) is 181 Å². The molecule has 0 aliphatic rings. The van der Waals surface area contributed by atoms with Crippen molar-refractivity contribution in [2.24, 2.45) is 0 Å². The standard InChI is InChI=1S/C48H29NOS2/c1-2-11-31(12-3-1)34-15-8-16-37-38-17-9-19-41(48(38)50-47(34)37)49(40-18-10-22-44-46(40)39-14-5-7-21-43(39)51-44)33-26-23-30(24-27-33)32-25-28-36-35-13-4-6-20-42(35)52-45(36)29-32/h1-29H. The number of furan rings is 1. The third-order valence-electron chi connectivity index (χ3n) is 10.3.